The van der Waals surface area contributed by atoms with Gasteiger partial charge in [0, 0.05) is 37.0 Å². The van der Waals surface area contributed by atoms with Crippen LogP contribution in [0, 0.1) is 6.92 Å². The summed E-state index contributed by atoms with van der Waals surface area (Å²) in [7, 11) is 0. The van der Waals surface area contributed by atoms with Crippen molar-refractivity contribution in [1.29, 1.82) is 0 Å². The Kier molecular flexibility index (Phi) is 3.63. The van der Waals surface area contributed by atoms with Crippen LogP contribution in [-0.4, -0.2) is 37.9 Å². The molecule has 2 aromatic heterocycles. The molecule has 6 heteroatoms. The largest absolute Gasteiger partial charge is 0.394 e. The van der Waals surface area contributed by atoms with Crippen LogP contribution >= 0.6 is 11.3 Å². The second-order valence-corrected chi connectivity index (χ2v) is 5.94. The van der Waals surface area contributed by atoms with E-state index in [2.05, 4.69) is 20.4 Å². The Hall–Kier alpha value is -1.24. The van der Waals surface area contributed by atoms with Crippen molar-refractivity contribution in [3.63, 3.8) is 0 Å². The molecule has 19 heavy (non-hydrogen) atoms. The molecule has 0 amide bonds. The van der Waals surface area contributed by atoms with Gasteiger partial charge in [-0.05, 0) is 6.92 Å². The zero-order valence-corrected chi connectivity index (χ0v) is 11.9. The van der Waals surface area contributed by atoms with Gasteiger partial charge in [-0.25, -0.2) is 4.98 Å². The van der Waals surface area contributed by atoms with E-state index in [9.17, 15) is 0 Å². The van der Waals surface area contributed by atoms with Crippen molar-refractivity contribution < 1.29 is 5.11 Å². The fourth-order valence-corrected chi connectivity index (χ4v) is 3.16. The lowest BCUT2D eigenvalue weighted by atomic mass is 10.3. The SMILES string of the molecule is Cc1nc(CCN2Cc3cnn(CCO)c3C2)cs1. The van der Waals surface area contributed by atoms with Gasteiger partial charge in [0.1, 0.15) is 0 Å². The molecule has 0 aromatic carbocycles. The topological polar surface area (TPSA) is 54.2 Å². The second kappa shape index (κ2) is 5.40. The average molecular weight is 278 g/mol. The Morgan fingerprint density at radius 3 is 3.00 bits per heavy atom. The van der Waals surface area contributed by atoms with Crippen LogP contribution in [0.15, 0.2) is 11.6 Å². The summed E-state index contributed by atoms with van der Waals surface area (Å²) in [6, 6.07) is 0. The van der Waals surface area contributed by atoms with Crippen LogP contribution in [0.3, 0.4) is 0 Å². The quantitative estimate of drug-likeness (QED) is 0.893. The van der Waals surface area contributed by atoms with Crippen molar-refractivity contribution in [2.24, 2.45) is 0 Å². The van der Waals surface area contributed by atoms with E-state index in [-0.39, 0.29) is 6.61 Å². The van der Waals surface area contributed by atoms with E-state index < -0.39 is 0 Å². The number of aliphatic hydroxyl groups is 1. The van der Waals surface area contributed by atoms with Crippen molar-refractivity contribution in [2.75, 3.05) is 13.2 Å². The van der Waals surface area contributed by atoms with Crippen LogP contribution in [0.1, 0.15) is 22.0 Å². The van der Waals surface area contributed by atoms with Crippen molar-refractivity contribution in [3.05, 3.63) is 33.5 Å². The van der Waals surface area contributed by atoms with Gasteiger partial charge >= 0.3 is 0 Å². The van der Waals surface area contributed by atoms with Crippen LogP contribution in [0.4, 0.5) is 0 Å². The Morgan fingerprint density at radius 1 is 1.37 bits per heavy atom. The molecule has 102 valence electrons. The maximum absolute atomic E-state index is 9.01. The highest BCUT2D eigenvalue weighted by Crippen LogP contribution is 2.22. The molecule has 0 spiro atoms. The van der Waals surface area contributed by atoms with E-state index in [0.29, 0.717) is 6.54 Å². The number of rotatable bonds is 5. The highest BCUT2D eigenvalue weighted by molar-refractivity contribution is 7.09. The molecule has 0 unspecified atom stereocenters. The molecule has 0 bridgehead atoms. The first-order valence-electron chi connectivity index (χ1n) is 6.54. The number of nitrogens with zero attached hydrogens (tertiary/aromatic N) is 4. The fraction of sp³-hybridized carbons (Fsp3) is 0.538. The van der Waals surface area contributed by atoms with Gasteiger partial charge in [0.2, 0.25) is 0 Å². The summed E-state index contributed by atoms with van der Waals surface area (Å²) in [6.45, 7) is 5.70. The predicted octanol–water partition coefficient (Wildman–Crippen LogP) is 1.20. The minimum absolute atomic E-state index is 0.145. The normalized spacial score (nSPS) is 15.1. The Morgan fingerprint density at radius 2 is 2.26 bits per heavy atom. The first-order chi connectivity index (χ1) is 9.26. The van der Waals surface area contributed by atoms with Gasteiger partial charge in [-0.2, -0.15) is 5.10 Å². The lowest BCUT2D eigenvalue weighted by Gasteiger charge is -2.14. The van der Waals surface area contributed by atoms with Crippen LogP contribution in [0.25, 0.3) is 0 Å². The summed E-state index contributed by atoms with van der Waals surface area (Å²) >= 11 is 1.71. The molecule has 0 saturated carbocycles. The number of aromatic nitrogens is 3. The number of aryl methyl sites for hydroxylation is 1. The third kappa shape index (κ3) is 2.70. The first kappa shape index (κ1) is 12.8. The molecule has 0 fully saturated rings. The fourth-order valence-electron chi connectivity index (χ4n) is 2.51. The van der Waals surface area contributed by atoms with Gasteiger partial charge in [0.15, 0.2) is 0 Å². The summed E-state index contributed by atoms with van der Waals surface area (Å²) in [6.07, 6.45) is 2.93. The van der Waals surface area contributed by atoms with E-state index in [4.69, 9.17) is 5.11 Å². The Labute approximate surface area is 116 Å². The monoisotopic (exact) mass is 278 g/mol. The van der Waals surface area contributed by atoms with Crippen molar-refractivity contribution in [3.8, 4) is 0 Å². The number of hydrogen-bond acceptors (Lipinski definition) is 5. The third-order valence-electron chi connectivity index (χ3n) is 3.47. The van der Waals surface area contributed by atoms with Crippen molar-refractivity contribution in [2.45, 2.75) is 33.0 Å². The van der Waals surface area contributed by atoms with Gasteiger partial charge < -0.3 is 5.11 Å². The van der Waals surface area contributed by atoms with Gasteiger partial charge in [-0.1, -0.05) is 0 Å². The zero-order chi connectivity index (χ0) is 13.2. The van der Waals surface area contributed by atoms with Crippen LogP contribution in [-0.2, 0) is 26.1 Å². The molecule has 3 heterocycles. The summed E-state index contributed by atoms with van der Waals surface area (Å²) in [5.74, 6) is 0. The summed E-state index contributed by atoms with van der Waals surface area (Å²) in [5.41, 5.74) is 3.74. The Bertz CT molecular complexity index is 563. The molecule has 0 radical (unpaired) electrons. The lowest BCUT2D eigenvalue weighted by Crippen LogP contribution is -2.21. The second-order valence-electron chi connectivity index (χ2n) is 4.88. The molecule has 3 rings (SSSR count). The minimum Gasteiger partial charge on any atom is -0.394 e. The maximum atomic E-state index is 9.01. The maximum Gasteiger partial charge on any atom is 0.0897 e. The average Bonchev–Trinajstić information content (AvgIpc) is 3.05. The van der Waals surface area contributed by atoms with Crippen LogP contribution < -0.4 is 0 Å². The number of hydrogen-bond donors (Lipinski definition) is 1. The predicted molar refractivity (Wildman–Crippen MR) is 74.0 cm³/mol. The lowest BCUT2D eigenvalue weighted by molar-refractivity contribution is 0.255. The Balaban J connectivity index is 1.58. The molecular weight excluding hydrogens is 260 g/mol. The van der Waals surface area contributed by atoms with Gasteiger partial charge in [0.05, 0.1) is 35.7 Å². The highest BCUT2D eigenvalue weighted by atomic mass is 32.1. The molecule has 2 aromatic rings. The smallest absolute Gasteiger partial charge is 0.0897 e. The third-order valence-corrected chi connectivity index (χ3v) is 4.29. The summed E-state index contributed by atoms with van der Waals surface area (Å²) < 4.78 is 1.92. The van der Waals surface area contributed by atoms with Gasteiger partial charge in [-0.3, -0.25) is 9.58 Å². The van der Waals surface area contributed by atoms with Crippen LogP contribution in [0.2, 0.25) is 0 Å². The molecular formula is C13H18N4OS. The molecule has 0 saturated heterocycles. The van der Waals surface area contributed by atoms with E-state index in [0.717, 1.165) is 31.1 Å². The van der Waals surface area contributed by atoms with E-state index >= 15 is 0 Å². The standard InChI is InChI=1S/C13H18N4OS/c1-10-15-12(9-19-10)2-3-16-7-11-6-14-17(4-5-18)13(11)8-16/h6,9,18H,2-5,7-8H2,1H3. The molecule has 5 nitrogen and oxygen atoms in total. The molecule has 0 atom stereocenters. The van der Waals surface area contributed by atoms with Gasteiger partial charge in [-0.15, -0.1) is 11.3 Å². The number of fused-ring (bicyclic) bond motifs is 1. The van der Waals surface area contributed by atoms with Gasteiger partial charge in [0.25, 0.3) is 0 Å². The van der Waals surface area contributed by atoms with Crippen LogP contribution in [0.5, 0.6) is 0 Å². The molecule has 0 aliphatic carbocycles. The summed E-state index contributed by atoms with van der Waals surface area (Å²) in [5, 5.41) is 16.6. The minimum atomic E-state index is 0.145. The van der Waals surface area contributed by atoms with Crippen molar-refractivity contribution in [1.82, 2.24) is 19.7 Å². The van der Waals surface area contributed by atoms with E-state index in [1.165, 1.54) is 17.0 Å². The first-order valence-corrected chi connectivity index (χ1v) is 7.42. The summed E-state index contributed by atoms with van der Waals surface area (Å²) in [4.78, 5) is 6.91. The zero-order valence-electron chi connectivity index (χ0n) is 11.0. The highest BCUT2D eigenvalue weighted by Gasteiger charge is 2.23. The van der Waals surface area contributed by atoms with E-state index in [1.807, 2.05) is 17.8 Å². The number of thiazole rings is 1. The molecule has 1 aliphatic rings. The molecule has 1 aliphatic heterocycles. The molecule has 1 N–H and O–H groups in total. The van der Waals surface area contributed by atoms with Crippen molar-refractivity contribution >= 4 is 11.3 Å². The van der Waals surface area contributed by atoms with E-state index in [1.54, 1.807) is 11.3 Å². The number of aliphatic hydroxyl groups excluding tert-OH is 1.